The lowest BCUT2D eigenvalue weighted by atomic mass is 9.92. The summed E-state index contributed by atoms with van der Waals surface area (Å²) < 4.78 is 5.75. The number of unbranched alkanes of at least 4 members (excludes halogenated alkanes) is 1. The Morgan fingerprint density at radius 1 is 1.22 bits per heavy atom. The maximum Gasteiger partial charge on any atom is 0.303 e. The summed E-state index contributed by atoms with van der Waals surface area (Å²) in [5.41, 5.74) is 0. The number of carboxylic acids is 1. The highest BCUT2D eigenvalue weighted by Crippen LogP contribution is 2.27. The number of rotatable bonds is 9. The van der Waals surface area contributed by atoms with Gasteiger partial charge in [0.25, 0.3) is 0 Å². The number of para-hydroxylation sites is 1. The van der Waals surface area contributed by atoms with Gasteiger partial charge in [-0.1, -0.05) is 36.4 Å². The summed E-state index contributed by atoms with van der Waals surface area (Å²) >= 11 is 0. The highest BCUT2D eigenvalue weighted by atomic mass is 16.5. The van der Waals surface area contributed by atoms with E-state index in [1.807, 2.05) is 48.6 Å². The molecule has 0 aliphatic heterocycles. The Morgan fingerprint density at radius 3 is 2.74 bits per heavy atom. The van der Waals surface area contributed by atoms with Crippen LogP contribution in [0.4, 0.5) is 0 Å². The second-order valence-corrected chi connectivity index (χ2v) is 5.65. The van der Waals surface area contributed by atoms with Gasteiger partial charge in [-0.05, 0) is 37.5 Å². The summed E-state index contributed by atoms with van der Waals surface area (Å²) in [7, 11) is 0. The van der Waals surface area contributed by atoms with Crippen molar-refractivity contribution < 1.29 is 19.4 Å². The number of hydrogen-bond acceptors (Lipinski definition) is 3. The largest absolute Gasteiger partial charge is 0.493 e. The predicted octanol–water partition coefficient (Wildman–Crippen LogP) is 3.64. The molecular weight excluding hydrogens is 292 g/mol. The fraction of sp³-hybridized carbons (Fsp3) is 0.368. The number of carbonyl (C=O) groups is 2. The molecule has 0 fully saturated rings. The van der Waals surface area contributed by atoms with Crippen LogP contribution < -0.4 is 4.74 Å². The van der Waals surface area contributed by atoms with Crippen LogP contribution in [0.5, 0.6) is 5.75 Å². The van der Waals surface area contributed by atoms with E-state index < -0.39 is 5.97 Å². The van der Waals surface area contributed by atoms with Crippen molar-refractivity contribution in [1.82, 2.24) is 0 Å². The second-order valence-electron chi connectivity index (χ2n) is 5.65. The van der Waals surface area contributed by atoms with E-state index in [0.29, 0.717) is 19.4 Å². The third-order valence-corrected chi connectivity index (χ3v) is 3.89. The van der Waals surface area contributed by atoms with Crippen LogP contribution in [0, 0.1) is 11.8 Å². The Bertz CT molecular complexity index is 574. The number of allylic oxidation sites excluding steroid dienone is 3. The first-order valence-corrected chi connectivity index (χ1v) is 7.93. The predicted molar refractivity (Wildman–Crippen MR) is 88.3 cm³/mol. The minimum Gasteiger partial charge on any atom is -0.493 e. The molecule has 0 unspecified atom stereocenters. The smallest absolute Gasteiger partial charge is 0.303 e. The van der Waals surface area contributed by atoms with Crippen LogP contribution >= 0.6 is 0 Å². The van der Waals surface area contributed by atoms with Crippen molar-refractivity contribution in [2.24, 2.45) is 11.8 Å². The molecule has 0 heterocycles. The van der Waals surface area contributed by atoms with Crippen LogP contribution in [0.25, 0.3) is 0 Å². The number of aliphatic carboxylic acids is 1. The Morgan fingerprint density at radius 2 is 2.00 bits per heavy atom. The van der Waals surface area contributed by atoms with Crippen molar-refractivity contribution in [1.29, 1.82) is 0 Å². The second kappa shape index (κ2) is 8.93. The summed E-state index contributed by atoms with van der Waals surface area (Å²) in [6.07, 6.45) is 9.71. The lowest BCUT2D eigenvalue weighted by Crippen LogP contribution is -2.21. The standard InChI is InChI=1S/C19H22O4/c20-18-13-12-15(14-23-16-8-4-3-5-9-16)17(18)10-6-1-2-7-11-19(21)22/h1,3-6,8-9,12-13,15,17H,2,7,10-11,14H2,(H,21,22)/b6-1-/t15-,17-/m1/s1. The maximum absolute atomic E-state index is 12.0. The summed E-state index contributed by atoms with van der Waals surface area (Å²) in [5, 5.41) is 8.57. The quantitative estimate of drug-likeness (QED) is 0.558. The zero-order valence-electron chi connectivity index (χ0n) is 13.1. The third kappa shape index (κ3) is 5.74. The van der Waals surface area contributed by atoms with Gasteiger partial charge in [-0.2, -0.15) is 0 Å². The molecule has 2 atom stereocenters. The molecule has 0 amide bonds. The van der Waals surface area contributed by atoms with Gasteiger partial charge in [0.1, 0.15) is 5.75 Å². The highest BCUT2D eigenvalue weighted by molar-refractivity contribution is 5.94. The summed E-state index contributed by atoms with van der Waals surface area (Å²) in [5.74, 6) is 0.192. The van der Waals surface area contributed by atoms with Crippen molar-refractivity contribution in [3.8, 4) is 5.75 Å². The fourth-order valence-corrected chi connectivity index (χ4v) is 2.59. The van der Waals surface area contributed by atoms with Gasteiger partial charge in [0.2, 0.25) is 0 Å². The van der Waals surface area contributed by atoms with Crippen molar-refractivity contribution in [3.63, 3.8) is 0 Å². The summed E-state index contributed by atoms with van der Waals surface area (Å²) in [6.45, 7) is 0.490. The van der Waals surface area contributed by atoms with Crippen LogP contribution in [-0.4, -0.2) is 23.5 Å². The Labute approximate surface area is 136 Å². The minimum atomic E-state index is -0.772. The fourth-order valence-electron chi connectivity index (χ4n) is 2.59. The van der Waals surface area contributed by atoms with Gasteiger partial charge in [-0.25, -0.2) is 0 Å². The van der Waals surface area contributed by atoms with Crippen molar-refractivity contribution in [3.05, 3.63) is 54.6 Å². The summed E-state index contributed by atoms with van der Waals surface area (Å²) in [6, 6.07) is 9.57. The number of ketones is 1. The molecule has 1 N–H and O–H groups in total. The Kier molecular flexibility index (Phi) is 6.60. The third-order valence-electron chi connectivity index (χ3n) is 3.89. The first-order chi connectivity index (χ1) is 11.2. The van der Waals surface area contributed by atoms with Crippen LogP contribution in [0.3, 0.4) is 0 Å². The molecule has 0 radical (unpaired) electrons. The van der Waals surface area contributed by atoms with Gasteiger partial charge in [0.05, 0.1) is 6.61 Å². The average Bonchev–Trinajstić information content (AvgIpc) is 2.90. The zero-order chi connectivity index (χ0) is 16.5. The zero-order valence-corrected chi connectivity index (χ0v) is 13.1. The molecule has 0 aromatic heterocycles. The molecule has 23 heavy (non-hydrogen) atoms. The number of ether oxygens (including phenoxy) is 1. The molecule has 4 heteroatoms. The Balaban J connectivity index is 1.76. The van der Waals surface area contributed by atoms with E-state index in [2.05, 4.69) is 0 Å². The number of benzene rings is 1. The highest BCUT2D eigenvalue weighted by Gasteiger charge is 2.29. The van der Waals surface area contributed by atoms with E-state index in [-0.39, 0.29) is 24.0 Å². The monoisotopic (exact) mass is 314 g/mol. The maximum atomic E-state index is 12.0. The lowest BCUT2D eigenvalue weighted by Gasteiger charge is -2.17. The van der Waals surface area contributed by atoms with E-state index in [1.165, 1.54) is 0 Å². The van der Waals surface area contributed by atoms with Crippen LogP contribution in [0.1, 0.15) is 25.7 Å². The molecule has 0 saturated heterocycles. The van der Waals surface area contributed by atoms with E-state index >= 15 is 0 Å². The molecule has 1 aromatic carbocycles. The molecule has 4 nitrogen and oxygen atoms in total. The number of hydrogen-bond donors (Lipinski definition) is 1. The van der Waals surface area contributed by atoms with Gasteiger partial charge in [0.15, 0.2) is 5.78 Å². The topological polar surface area (TPSA) is 63.6 Å². The molecule has 1 aromatic rings. The minimum absolute atomic E-state index is 0.0746. The molecule has 0 bridgehead atoms. The van der Waals surface area contributed by atoms with Crippen LogP contribution in [-0.2, 0) is 9.59 Å². The van der Waals surface area contributed by atoms with Crippen LogP contribution in [0.15, 0.2) is 54.6 Å². The van der Waals surface area contributed by atoms with Gasteiger partial charge >= 0.3 is 5.97 Å². The first-order valence-electron chi connectivity index (χ1n) is 7.93. The van der Waals surface area contributed by atoms with Crippen molar-refractivity contribution in [2.75, 3.05) is 6.61 Å². The normalized spacial score (nSPS) is 20.3. The molecule has 0 spiro atoms. The van der Waals surface area contributed by atoms with E-state index in [4.69, 9.17) is 9.84 Å². The molecule has 1 aliphatic rings. The first kappa shape index (κ1) is 17.0. The molecule has 2 rings (SSSR count). The van der Waals surface area contributed by atoms with Crippen molar-refractivity contribution >= 4 is 11.8 Å². The molecular formula is C19H22O4. The molecule has 0 saturated carbocycles. The SMILES string of the molecule is O=C(O)CCC/C=C\C[C@H]1C(=O)C=C[C@@H]1COc1ccccc1. The number of carboxylic acid groups (broad SMARTS) is 1. The van der Waals surface area contributed by atoms with Gasteiger partial charge < -0.3 is 9.84 Å². The van der Waals surface area contributed by atoms with E-state index in [0.717, 1.165) is 12.2 Å². The molecule has 1 aliphatic carbocycles. The summed E-state index contributed by atoms with van der Waals surface area (Å²) in [4.78, 5) is 22.4. The lowest BCUT2D eigenvalue weighted by molar-refractivity contribution is -0.137. The van der Waals surface area contributed by atoms with Gasteiger partial charge in [0, 0.05) is 18.3 Å². The number of carbonyl (C=O) groups excluding carboxylic acids is 1. The van der Waals surface area contributed by atoms with Gasteiger partial charge in [-0.15, -0.1) is 0 Å². The Hall–Kier alpha value is -2.36. The van der Waals surface area contributed by atoms with E-state index in [1.54, 1.807) is 6.08 Å². The average molecular weight is 314 g/mol. The molecule has 122 valence electrons. The van der Waals surface area contributed by atoms with Crippen LogP contribution in [0.2, 0.25) is 0 Å². The van der Waals surface area contributed by atoms with E-state index in [9.17, 15) is 9.59 Å². The van der Waals surface area contributed by atoms with Crippen molar-refractivity contribution in [2.45, 2.75) is 25.7 Å². The van der Waals surface area contributed by atoms with Gasteiger partial charge in [-0.3, -0.25) is 9.59 Å².